The number of amides is 1. The van der Waals surface area contributed by atoms with Crippen LogP contribution in [0.25, 0.3) is 0 Å². The second-order valence-electron chi connectivity index (χ2n) is 7.50. The van der Waals surface area contributed by atoms with Crippen LogP contribution in [0.3, 0.4) is 0 Å². The molecule has 2 atom stereocenters. The Balaban J connectivity index is 1.97. The van der Waals surface area contributed by atoms with Crippen molar-refractivity contribution in [3.63, 3.8) is 0 Å². The highest BCUT2D eigenvalue weighted by molar-refractivity contribution is 5.83. The Kier molecular flexibility index (Phi) is 4.44. The van der Waals surface area contributed by atoms with Crippen molar-refractivity contribution in [3.8, 4) is 17.6 Å². The fourth-order valence-corrected chi connectivity index (χ4v) is 3.18. The van der Waals surface area contributed by atoms with Gasteiger partial charge in [0.1, 0.15) is 17.3 Å². The summed E-state index contributed by atoms with van der Waals surface area (Å²) >= 11 is 0. The summed E-state index contributed by atoms with van der Waals surface area (Å²) in [4.78, 5) is 18.4. The predicted molar refractivity (Wildman–Crippen MR) is 89.2 cm³/mol. The molecule has 1 aromatic rings. The van der Waals surface area contributed by atoms with Crippen molar-refractivity contribution in [3.05, 3.63) is 23.5 Å². The number of nitrogens with zero attached hydrogens (tertiary/aromatic N) is 2. The summed E-state index contributed by atoms with van der Waals surface area (Å²) in [5, 5.41) is 0. The maximum absolute atomic E-state index is 13.3. The van der Waals surface area contributed by atoms with Crippen LogP contribution in [0, 0.1) is 23.2 Å². The smallest absolute Gasteiger partial charge is 0.252 e. The van der Waals surface area contributed by atoms with E-state index < -0.39 is 17.7 Å². The fourth-order valence-electron chi connectivity index (χ4n) is 3.18. The third-order valence-electron chi connectivity index (χ3n) is 4.68. The number of carbonyl (C=O) groups excluding carboxylic acids is 1. The van der Waals surface area contributed by atoms with E-state index in [1.807, 2.05) is 13.8 Å². The van der Waals surface area contributed by atoms with Gasteiger partial charge in [0.25, 0.3) is 6.43 Å². The molecule has 0 aromatic carbocycles. The van der Waals surface area contributed by atoms with E-state index in [0.717, 1.165) is 5.56 Å². The number of fused-ring (bicyclic) bond motifs is 4. The highest BCUT2D eigenvalue weighted by Crippen LogP contribution is 2.46. The van der Waals surface area contributed by atoms with E-state index in [0.29, 0.717) is 24.3 Å². The average molecular weight is 348 g/mol. The van der Waals surface area contributed by atoms with E-state index in [-0.39, 0.29) is 18.1 Å². The molecule has 1 aromatic heterocycles. The van der Waals surface area contributed by atoms with Crippen LogP contribution in [0.15, 0.2) is 12.4 Å². The zero-order valence-electron chi connectivity index (χ0n) is 14.8. The van der Waals surface area contributed by atoms with Crippen molar-refractivity contribution in [2.24, 2.45) is 11.3 Å². The van der Waals surface area contributed by atoms with E-state index in [2.05, 4.69) is 16.8 Å². The van der Waals surface area contributed by atoms with Crippen molar-refractivity contribution in [2.45, 2.75) is 52.7 Å². The van der Waals surface area contributed by atoms with Crippen LogP contribution in [-0.4, -0.2) is 34.9 Å². The predicted octanol–water partition coefficient (Wildman–Crippen LogP) is 3.41. The Morgan fingerprint density at radius 1 is 1.40 bits per heavy atom. The van der Waals surface area contributed by atoms with Crippen LogP contribution < -0.4 is 4.74 Å². The van der Waals surface area contributed by atoms with E-state index >= 15 is 0 Å². The topological polar surface area (TPSA) is 42.4 Å². The van der Waals surface area contributed by atoms with E-state index in [4.69, 9.17) is 4.74 Å². The van der Waals surface area contributed by atoms with Gasteiger partial charge in [0.05, 0.1) is 18.2 Å². The minimum Gasteiger partial charge on any atom is -0.487 e. The summed E-state index contributed by atoms with van der Waals surface area (Å²) in [6.45, 7) is 6.87. The van der Waals surface area contributed by atoms with E-state index in [9.17, 15) is 13.6 Å². The molecule has 2 bridgehead atoms. The van der Waals surface area contributed by atoms with Gasteiger partial charge in [0.15, 0.2) is 0 Å². The first-order chi connectivity index (χ1) is 11.7. The van der Waals surface area contributed by atoms with Crippen molar-refractivity contribution in [2.75, 3.05) is 6.54 Å². The summed E-state index contributed by atoms with van der Waals surface area (Å²) in [6, 6.07) is -0.285. The Morgan fingerprint density at radius 2 is 2.12 bits per heavy atom. The number of alkyl halides is 2. The minimum absolute atomic E-state index is 0.197. The largest absolute Gasteiger partial charge is 0.487 e. The molecule has 1 amide bonds. The molecule has 0 spiro atoms. The van der Waals surface area contributed by atoms with Gasteiger partial charge in [-0.2, -0.15) is 0 Å². The lowest BCUT2D eigenvalue weighted by molar-refractivity contribution is -0.149. The molecule has 1 saturated heterocycles. The van der Waals surface area contributed by atoms with Crippen molar-refractivity contribution < 1.29 is 18.3 Å². The number of carbonyl (C=O) groups is 1. The maximum Gasteiger partial charge on any atom is 0.252 e. The SMILES string of the molecule is CC(C)C#Cc1cncc2c1O[C@H]1C[C@@H]2N(C(=O)C(C)(C)C(F)F)C1. The van der Waals surface area contributed by atoms with Gasteiger partial charge >= 0.3 is 0 Å². The number of pyridine rings is 1. The molecule has 2 aliphatic heterocycles. The molecule has 6 heteroatoms. The van der Waals surface area contributed by atoms with Gasteiger partial charge in [0, 0.05) is 30.3 Å². The second-order valence-corrected chi connectivity index (χ2v) is 7.50. The highest BCUT2D eigenvalue weighted by atomic mass is 19.3. The van der Waals surface area contributed by atoms with Gasteiger partial charge < -0.3 is 9.64 Å². The van der Waals surface area contributed by atoms with E-state index in [1.54, 1.807) is 12.4 Å². The third kappa shape index (κ3) is 3.08. The standard InChI is InChI=1S/C19H22F2N2O2/c1-11(2)5-6-12-8-22-9-14-15-7-13(25-16(12)14)10-23(15)18(24)19(3,4)17(20)21/h8-9,11,13,15,17H,7,10H2,1-4H3/t13-,15-/m0/s1. The van der Waals surface area contributed by atoms with Crippen LogP contribution in [0.5, 0.6) is 5.75 Å². The number of ether oxygens (including phenoxy) is 1. The molecule has 25 heavy (non-hydrogen) atoms. The Bertz CT molecular complexity index is 750. The highest BCUT2D eigenvalue weighted by Gasteiger charge is 2.49. The van der Waals surface area contributed by atoms with Crippen LogP contribution in [0.4, 0.5) is 8.78 Å². The summed E-state index contributed by atoms with van der Waals surface area (Å²) < 4.78 is 32.6. The van der Waals surface area contributed by atoms with Crippen LogP contribution in [-0.2, 0) is 4.79 Å². The van der Waals surface area contributed by atoms with Crippen LogP contribution in [0.1, 0.15) is 51.3 Å². The number of likely N-dealkylation sites (tertiary alicyclic amines) is 1. The van der Waals surface area contributed by atoms with Gasteiger partial charge in [-0.1, -0.05) is 25.7 Å². The number of hydrogen-bond donors (Lipinski definition) is 0. The molecule has 0 saturated carbocycles. The lowest BCUT2D eigenvalue weighted by atomic mass is 9.91. The Labute approximate surface area is 146 Å². The van der Waals surface area contributed by atoms with E-state index in [1.165, 1.54) is 18.7 Å². The summed E-state index contributed by atoms with van der Waals surface area (Å²) in [5.41, 5.74) is -0.286. The molecule has 3 rings (SSSR count). The molecule has 0 aliphatic carbocycles. The molecule has 4 nitrogen and oxygen atoms in total. The fraction of sp³-hybridized carbons (Fsp3) is 0.579. The molecule has 2 aliphatic rings. The Hall–Kier alpha value is -2.16. The Morgan fingerprint density at radius 3 is 2.76 bits per heavy atom. The average Bonchev–Trinajstić information content (AvgIpc) is 2.89. The molecular formula is C19H22F2N2O2. The molecular weight excluding hydrogens is 326 g/mol. The lowest BCUT2D eigenvalue weighted by Crippen LogP contribution is -2.44. The third-order valence-corrected chi connectivity index (χ3v) is 4.68. The zero-order valence-corrected chi connectivity index (χ0v) is 14.8. The molecule has 0 unspecified atom stereocenters. The molecule has 1 fully saturated rings. The summed E-state index contributed by atoms with van der Waals surface area (Å²) in [5.74, 6) is 6.45. The molecule has 0 N–H and O–H groups in total. The minimum atomic E-state index is -2.72. The second kappa shape index (κ2) is 6.29. The van der Waals surface area contributed by atoms with Crippen molar-refractivity contribution in [1.82, 2.24) is 9.88 Å². The quantitative estimate of drug-likeness (QED) is 0.769. The molecule has 134 valence electrons. The van der Waals surface area contributed by atoms with Gasteiger partial charge in [-0.05, 0) is 13.8 Å². The number of aromatic nitrogens is 1. The van der Waals surface area contributed by atoms with Crippen molar-refractivity contribution >= 4 is 5.91 Å². The van der Waals surface area contributed by atoms with Gasteiger partial charge in [0.2, 0.25) is 5.91 Å². The normalized spacial score (nSPS) is 21.7. The first-order valence-electron chi connectivity index (χ1n) is 8.47. The number of halogens is 2. The van der Waals surface area contributed by atoms with Crippen LogP contribution in [0.2, 0.25) is 0 Å². The molecule has 3 heterocycles. The maximum atomic E-state index is 13.3. The monoisotopic (exact) mass is 348 g/mol. The van der Waals surface area contributed by atoms with Gasteiger partial charge in [-0.25, -0.2) is 8.78 Å². The number of rotatable bonds is 2. The first kappa shape index (κ1) is 17.7. The van der Waals surface area contributed by atoms with Gasteiger partial charge in [-0.15, -0.1) is 0 Å². The molecule has 0 radical (unpaired) electrons. The lowest BCUT2D eigenvalue weighted by Gasteiger charge is -2.32. The number of hydrogen-bond acceptors (Lipinski definition) is 3. The summed E-state index contributed by atoms with van der Waals surface area (Å²) in [6.07, 6.45) is 0.978. The van der Waals surface area contributed by atoms with Crippen LogP contribution >= 0.6 is 0 Å². The first-order valence-corrected chi connectivity index (χ1v) is 8.47. The summed E-state index contributed by atoms with van der Waals surface area (Å²) in [7, 11) is 0. The van der Waals surface area contributed by atoms with Gasteiger partial charge in [-0.3, -0.25) is 9.78 Å². The van der Waals surface area contributed by atoms with Crippen molar-refractivity contribution in [1.29, 1.82) is 0 Å². The zero-order chi connectivity index (χ0) is 18.4.